The number of ether oxygens (including phenoxy) is 1. The molecule has 7 heteroatoms. The van der Waals surface area contributed by atoms with Gasteiger partial charge in [-0.25, -0.2) is 4.79 Å². The molecular weight excluding hydrogens is 304 g/mol. The van der Waals surface area contributed by atoms with E-state index in [1.165, 1.54) is 6.92 Å². The Balaban J connectivity index is 2.92. The van der Waals surface area contributed by atoms with Crippen molar-refractivity contribution in [1.82, 2.24) is 0 Å². The van der Waals surface area contributed by atoms with Gasteiger partial charge in [0.1, 0.15) is 6.04 Å². The lowest BCUT2D eigenvalue weighted by Crippen LogP contribution is -2.41. The Morgan fingerprint density at radius 1 is 1.75 bits per heavy atom. The largest absolute Gasteiger partial charge is 0.462 e. The van der Waals surface area contributed by atoms with Gasteiger partial charge in [-0.3, -0.25) is 0 Å². The van der Waals surface area contributed by atoms with Gasteiger partial charge in [-0.2, -0.15) is 8.78 Å². The van der Waals surface area contributed by atoms with Crippen molar-refractivity contribution >= 4 is 33.2 Å². The summed E-state index contributed by atoms with van der Waals surface area (Å²) in [6.45, 7) is 1.35. The minimum atomic E-state index is -3.72. The van der Waals surface area contributed by atoms with Gasteiger partial charge in [-0.15, -0.1) is 11.3 Å². The average molecular weight is 314 g/mol. The van der Waals surface area contributed by atoms with E-state index in [1.54, 1.807) is 11.4 Å². The Bertz CT molecular complexity index is 383. The molecule has 0 saturated carbocycles. The van der Waals surface area contributed by atoms with E-state index in [1.807, 2.05) is 0 Å². The van der Waals surface area contributed by atoms with Crippen molar-refractivity contribution in [2.24, 2.45) is 5.73 Å². The molecule has 0 aliphatic heterocycles. The van der Waals surface area contributed by atoms with E-state index in [2.05, 4.69) is 20.7 Å². The first kappa shape index (κ1) is 13.5. The summed E-state index contributed by atoms with van der Waals surface area (Å²) in [5.41, 5.74) is 5.38. The van der Waals surface area contributed by atoms with Crippen molar-refractivity contribution in [1.29, 1.82) is 0 Å². The molecular formula is C9H10BrF2NO2S. The van der Waals surface area contributed by atoms with Crippen molar-refractivity contribution in [2.75, 3.05) is 6.61 Å². The van der Waals surface area contributed by atoms with Crippen molar-refractivity contribution in [3.05, 3.63) is 20.8 Å². The second-order valence-corrected chi connectivity index (χ2v) is 4.76. The second kappa shape index (κ2) is 5.20. The molecule has 2 N–H and O–H groups in total. The molecule has 1 heterocycles. The van der Waals surface area contributed by atoms with Gasteiger partial charge in [-0.1, -0.05) is 0 Å². The smallest absolute Gasteiger partial charge is 0.379 e. The van der Waals surface area contributed by atoms with Gasteiger partial charge in [0.05, 0.1) is 6.61 Å². The summed E-state index contributed by atoms with van der Waals surface area (Å²) in [5.74, 6) is -5.31. The van der Waals surface area contributed by atoms with Gasteiger partial charge in [0.2, 0.25) is 0 Å². The highest BCUT2D eigenvalue weighted by Crippen LogP contribution is 2.37. The summed E-state index contributed by atoms with van der Waals surface area (Å²) in [4.78, 5) is 11.3. The third kappa shape index (κ3) is 2.58. The quantitative estimate of drug-likeness (QED) is 0.870. The van der Waals surface area contributed by atoms with E-state index in [-0.39, 0.29) is 11.5 Å². The summed E-state index contributed by atoms with van der Waals surface area (Å²) in [6.07, 6.45) is 0. The van der Waals surface area contributed by atoms with Gasteiger partial charge in [0, 0.05) is 9.35 Å². The summed E-state index contributed by atoms with van der Waals surface area (Å²) in [5, 5.41) is 1.61. The van der Waals surface area contributed by atoms with Crippen LogP contribution in [0.5, 0.6) is 0 Å². The first-order valence-corrected chi connectivity index (χ1v) is 6.12. The lowest BCUT2D eigenvalue weighted by atomic mass is 10.1. The molecule has 1 aromatic heterocycles. The first-order chi connectivity index (χ1) is 7.41. The minimum Gasteiger partial charge on any atom is -0.462 e. The predicted molar refractivity (Wildman–Crippen MR) is 60.5 cm³/mol. The summed E-state index contributed by atoms with van der Waals surface area (Å²) in [7, 11) is 0. The van der Waals surface area contributed by atoms with Crippen LogP contribution < -0.4 is 5.73 Å². The molecule has 0 bridgehead atoms. The molecule has 0 amide bonds. The fourth-order valence-corrected chi connectivity index (χ4v) is 2.71. The average Bonchev–Trinajstić information content (AvgIpc) is 2.63. The van der Waals surface area contributed by atoms with Crippen LogP contribution in [-0.4, -0.2) is 18.5 Å². The zero-order chi connectivity index (χ0) is 12.3. The van der Waals surface area contributed by atoms with Gasteiger partial charge in [0.25, 0.3) is 0 Å². The fourth-order valence-electron chi connectivity index (χ4n) is 1.05. The minimum absolute atomic E-state index is 0.104. The monoisotopic (exact) mass is 313 g/mol. The second-order valence-electron chi connectivity index (χ2n) is 2.95. The Morgan fingerprint density at radius 2 is 2.38 bits per heavy atom. The van der Waals surface area contributed by atoms with E-state index >= 15 is 0 Å². The Hall–Kier alpha value is -0.530. The molecule has 0 aliphatic rings. The molecule has 0 aliphatic carbocycles. The van der Waals surface area contributed by atoms with Gasteiger partial charge >= 0.3 is 11.9 Å². The number of halogens is 3. The number of hydrogen-bond donors (Lipinski definition) is 1. The molecule has 1 aromatic rings. The Morgan fingerprint density at radius 3 is 2.81 bits per heavy atom. The first-order valence-electron chi connectivity index (χ1n) is 4.44. The molecule has 0 spiro atoms. The maximum Gasteiger partial charge on any atom is 0.379 e. The standard InChI is InChI=1S/C9H10BrF2NO2S/c1-2-15-8(14)9(11,12)7(13)6-5(10)3-4-16-6/h3-4,7H,2,13H2,1H3/t7-/m0/s1. The molecule has 16 heavy (non-hydrogen) atoms. The van der Waals surface area contributed by atoms with Crippen LogP contribution >= 0.6 is 27.3 Å². The van der Waals surface area contributed by atoms with E-state index in [0.29, 0.717) is 4.47 Å². The number of nitrogens with two attached hydrogens (primary N) is 1. The third-order valence-electron chi connectivity index (χ3n) is 1.87. The number of carbonyl (C=O) groups is 1. The Kier molecular flexibility index (Phi) is 4.40. The van der Waals surface area contributed by atoms with Crippen molar-refractivity contribution in [3.8, 4) is 0 Å². The van der Waals surface area contributed by atoms with Crippen LogP contribution in [0.1, 0.15) is 17.8 Å². The molecule has 3 nitrogen and oxygen atoms in total. The fraction of sp³-hybridized carbons (Fsp3) is 0.444. The molecule has 90 valence electrons. The number of esters is 1. The van der Waals surface area contributed by atoms with E-state index in [0.717, 1.165) is 11.3 Å². The third-order valence-corrected chi connectivity index (χ3v) is 3.82. The van der Waals surface area contributed by atoms with Crippen molar-refractivity contribution in [3.63, 3.8) is 0 Å². The highest BCUT2D eigenvalue weighted by Gasteiger charge is 2.48. The molecule has 1 atom stereocenters. The van der Waals surface area contributed by atoms with Crippen LogP contribution in [-0.2, 0) is 9.53 Å². The van der Waals surface area contributed by atoms with Crippen LogP contribution in [0.3, 0.4) is 0 Å². The van der Waals surface area contributed by atoms with Crippen molar-refractivity contribution < 1.29 is 18.3 Å². The van der Waals surface area contributed by atoms with Gasteiger partial charge in [-0.05, 0) is 34.3 Å². The van der Waals surface area contributed by atoms with Crippen LogP contribution in [0.4, 0.5) is 8.78 Å². The maximum absolute atomic E-state index is 13.5. The number of rotatable bonds is 4. The van der Waals surface area contributed by atoms with E-state index in [4.69, 9.17) is 5.73 Å². The summed E-state index contributed by atoms with van der Waals surface area (Å²) in [6, 6.07) is -0.0953. The predicted octanol–water partition coefficient (Wildman–Crippen LogP) is 2.71. The Labute approximate surface area is 104 Å². The number of thiophene rings is 1. The molecule has 0 radical (unpaired) electrons. The molecule has 0 aromatic carbocycles. The van der Waals surface area contributed by atoms with Crippen LogP contribution in [0.25, 0.3) is 0 Å². The van der Waals surface area contributed by atoms with Crippen LogP contribution in [0.15, 0.2) is 15.9 Å². The summed E-state index contributed by atoms with van der Waals surface area (Å²) >= 11 is 4.15. The maximum atomic E-state index is 13.5. The zero-order valence-corrected chi connectivity index (χ0v) is 10.8. The SMILES string of the molecule is CCOC(=O)C(F)(F)[C@@H](N)c1sccc1Br. The normalized spacial score (nSPS) is 13.6. The van der Waals surface area contributed by atoms with Crippen LogP contribution in [0.2, 0.25) is 0 Å². The highest BCUT2D eigenvalue weighted by molar-refractivity contribution is 9.10. The number of hydrogen-bond acceptors (Lipinski definition) is 4. The van der Waals surface area contributed by atoms with E-state index < -0.39 is 17.9 Å². The zero-order valence-electron chi connectivity index (χ0n) is 8.38. The van der Waals surface area contributed by atoms with Crippen molar-refractivity contribution in [2.45, 2.75) is 18.9 Å². The van der Waals surface area contributed by atoms with Crippen LogP contribution in [0, 0.1) is 0 Å². The van der Waals surface area contributed by atoms with Gasteiger partial charge in [0.15, 0.2) is 0 Å². The number of carbonyl (C=O) groups excluding carboxylic acids is 1. The molecule has 0 fully saturated rings. The highest BCUT2D eigenvalue weighted by atomic mass is 79.9. The van der Waals surface area contributed by atoms with E-state index in [9.17, 15) is 13.6 Å². The summed E-state index contributed by atoms with van der Waals surface area (Å²) < 4.78 is 31.8. The lowest BCUT2D eigenvalue weighted by Gasteiger charge is -2.20. The lowest BCUT2D eigenvalue weighted by molar-refractivity contribution is -0.174. The number of alkyl halides is 2. The molecule has 0 saturated heterocycles. The molecule has 1 rings (SSSR count). The molecule has 0 unspecified atom stereocenters. The van der Waals surface area contributed by atoms with Gasteiger partial charge < -0.3 is 10.5 Å². The topological polar surface area (TPSA) is 52.3 Å².